The van der Waals surface area contributed by atoms with Crippen LogP contribution < -0.4 is 24.8 Å². The molecule has 1 saturated heterocycles. The van der Waals surface area contributed by atoms with E-state index in [9.17, 15) is 41.0 Å². The van der Waals surface area contributed by atoms with Crippen molar-refractivity contribution in [2.75, 3.05) is 37.4 Å². The number of benzene rings is 3. The van der Waals surface area contributed by atoms with E-state index in [0.29, 0.717) is 43.0 Å². The zero-order chi connectivity index (χ0) is 35.5. The lowest BCUT2D eigenvalue weighted by Crippen LogP contribution is -2.38. The van der Waals surface area contributed by atoms with Crippen LogP contribution in [0.2, 0.25) is 0 Å². The predicted molar refractivity (Wildman–Crippen MR) is 161 cm³/mol. The average molecular weight is 695 g/mol. The molecule has 0 saturated carbocycles. The first-order chi connectivity index (χ1) is 22.9. The Bertz CT molecular complexity index is 1860. The molecule has 0 spiro atoms. The molecule has 11 nitrogen and oxygen atoms in total. The largest absolute Gasteiger partial charge is 0.586 e. The van der Waals surface area contributed by atoms with E-state index in [1.54, 1.807) is 19.9 Å². The van der Waals surface area contributed by atoms with Gasteiger partial charge in [0.2, 0.25) is 0 Å². The Morgan fingerprint density at radius 1 is 1.00 bits per heavy atom. The summed E-state index contributed by atoms with van der Waals surface area (Å²) >= 11 is 0. The number of nitrogens with zero attached hydrogens (tertiary/aromatic N) is 2. The number of hydrogen-bond acceptors (Lipinski definition) is 9. The molecule has 0 aliphatic carbocycles. The highest BCUT2D eigenvalue weighted by atomic mass is 19.4. The van der Waals surface area contributed by atoms with Crippen molar-refractivity contribution in [1.29, 1.82) is 0 Å². The Morgan fingerprint density at radius 2 is 1.69 bits per heavy atom. The molecule has 3 aromatic carbocycles. The molecule has 260 valence electrons. The SMILES string of the molecule is COc1ccc(C2=NOC3CN(CC(C)(C)O)CC23)cc1C(=O)Nc1cc2c(cc1C(=O)Nc1ccc(F)c(C(F)(F)F)c1)OC(F)(F)O2. The Balaban J connectivity index is 1.29. The maximum Gasteiger partial charge on any atom is 0.586 e. The van der Waals surface area contributed by atoms with Crippen molar-refractivity contribution in [2.45, 2.75) is 38.0 Å². The standard InChI is InChI=1S/C32H28F6N4O7/c1-30(2,45)14-42-12-19-26(13-42)49-41-27(19)15-4-7-23(46-3)18(8-15)29(44)40-22-11-25-24(47-32(37,38)48-25)10-17(22)28(43)39-16-5-6-21(33)20(9-16)31(34,35)36/h4-11,19,26,45H,12-14H2,1-3H3,(H,39,43)(H,40,44). The molecule has 17 heteroatoms. The van der Waals surface area contributed by atoms with Gasteiger partial charge < -0.3 is 34.8 Å². The third kappa shape index (κ3) is 7.07. The fourth-order valence-electron chi connectivity index (χ4n) is 5.90. The number of fused-ring (bicyclic) bond motifs is 2. The highest BCUT2D eigenvalue weighted by Crippen LogP contribution is 2.44. The summed E-state index contributed by atoms with van der Waals surface area (Å²) < 4.78 is 95.8. The first-order valence-corrected chi connectivity index (χ1v) is 14.7. The lowest BCUT2D eigenvalue weighted by molar-refractivity contribution is -0.286. The van der Waals surface area contributed by atoms with Gasteiger partial charge in [-0.15, -0.1) is 8.78 Å². The molecule has 3 N–H and O–H groups in total. The van der Waals surface area contributed by atoms with Crippen molar-refractivity contribution in [2.24, 2.45) is 11.1 Å². The van der Waals surface area contributed by atoms with Gasteiger partial charge in [0.1, 0.15) is 17.7 Å². The summed E-state index contributed by atoms with van der Waals surface area (Å²) in [6.07, 6.45) is -9.47. The van der Waals surface area contributed by atoms with Crippen LogP contribution in [0.15, 0.2) is 53.7 Å². The number of rotatable bonds is 8. The van der Waals surface area contributed by atoms with Gasteiger partial charge in [-0.1, -0.05) is 5.16 Å². The number of oxime groups is 1. The average Bonchev–Trinajstić information content (AvgIpc) is 3.66. The maximum absolute atomic E-state index is 13.9. The number of halogens is 6. The van der Waals surface area contributed by atoms with Gasteiger partial charge in [0.15, 0.2) is 11.5 Å². The number of carbonyl (C=O) groups is 2. The number of ether oxygens (including phenoxy) is 3. The third-order valence-electron chi connectivity index (χ3n) is 7.89. The summed E-state index contributed by atoms with van der Waals surface area (Å²) in [4.78, 5) is 34.7. The summed E-state index contributed by atoms with van der Waals surface area (Å²) in [7, 11) is 1.31. The summed E-state index contributed by atoms with van der Waals surface area (Å²) in [5.74, 6) is -4.82. The van der Waals surface area contributed by atoms with E-state index in [-0.39, 0.29) is 29.0 Å². The molecule has 3 heterocycles. The van der Waals surface area contributed by atoms with Crippen LogP contribution in [0.1, 0.15) is 45.7 Å². The summed E-state index contributed by atoms with van der Waals surface area (Å²) in [5.41, 5.74) is -2.95. The molecule has 0 bridgehead atoms. The van der Waals surface area contributed by atoms with E-state index in [0.717, 1.165) is 18.2 Å². The highest BCUT2D eigenvalue weighted by molar-refractivity contribution is 6.14. The minimum Gasteiger partial charge on any atom is -0.496 e. The van der Waals surface area contributed by atoms with Gasteiger partial charge in [-0.3, -0.25) is 14.5 Å². The first-order valence-electron chi connectivity index (χ1n) is 14.7. The first kappa shape index (κ1) is 33.9. The number of methoxy groups -OCH3 is 1. The highest BCUT2D eigenvalue weighted by Gasteiger charge is 2.45. The lowest BCUT2D eigenvalue weighted by atomic mass is 9.93. The Labute approximate surface area is 274 Å². The van der Waals surface area contributed by atoms with Crippen LogP contribution in [0.25, 0.3) is 0 Å². The van der Waals surface area contributed by atoms with Gasteiger partial charge in [0, 0.05) is 37.0 Å². The molecule has 0 aromatic heterocycles. The monoisotopic (exact) mass is 694 g/mol. The smallest absolute Gasteiger partial charge is 0.496 e. The second-order valence-electron chi connectivity index (χ2n) is 12.3. The quantitative estimate of drug-likeness (QED) is 0.264. The fourth-order valence-corrected chi connectivity index (χ4v) is 5.90. The maximum atomic E-state index is 13.9. The number of aliphatic hydroxyl groups is 1. The summed E-state index contributed by atoms with van der Waals surface area (Å²) in [5, 5.41) is 19.1. The van der Waals surface area contributed by atoms with E-state index >= 15 is 0 Å². The van der Waals surface area contributed by atoms with E-state index in [2.05, 4.69) is 25.3 Å². The van der Waals surface area contributed by atoms with Crippen molar-refractivity contribution in [3.8, 4) is 17.2 Å². The third-order valence-corrected chi connectivity index (χ3v) is 7.89. The van der Waals surface area contributed by atoms with E-state index in [1.165, 1.54) is 19.2 Å². The molecule has 3 aromatic rings. The number of anilines is 2. The van der Waals surface area contributed by atoms with Crippen molar-refractivity contribution < 1.29 is 60.1 Å². The van der Waals surface area contributed by atoms with Gasteiger partial charge in [-0.25, -0.2) is 4.39 Å². The zero-order valence-corrected chi connectivity index (χ0v) is 26.0. The van der Waals surface area contributed by atoms with Gasteiger partial charge >= 0.3 is 12.5 Å². The number of likely N-dealkylation sites (tertiary alicyclic amines) is 1. The van der Waals surface area contributed by atoms with E-state index < -0.39 is 64.0 Å². The van der Waals surface area contributed by atoms with Crippen molar-refractivity contribution in [3.05, 3.63) is 76.6 Å². The van der Waals surface area contributed by atoms with Crippen molar-refractivity contribution in [1.82, 2.24) is 4.90 Å². The van der Waals surface area contributed by atoms with E-state index in [4.69, 9.17) is 9.57 Å². The Morgan fingerprint density at radius 3 is 2.37 bits per heavy atom. The number of amides is 2. The molecule has 0 radical (unpaired) electrons. The van der Waals surface area contributed by atoms with Crippen molar-refractivity contribution in [3.63, 3.8) is 0 Å². The molecule has 2 amide bonds. The van der Waals surface area contributed by atoms with Crippen LogP contribution in [0.3, 0.4) is 0 Å². The molecule has 1 fully saturated rings. The van der Waals surface area contributed by atoms with Gasteiger partial charge in [-0.05, 0) is 56.3 Å². The predicted octanol–water partition coefficient (Wildman–Crippen LogP) is 5.48. The molecular weight excluding hydrogens is 666 g/mol. The number of alkyl halides is 5. The summed E-state index contributed by atoms with van der Waals surface area (Å²) in [6.45, 7) is 4.83. The number of nitrogens with one attached hydrogen (secondary N) is 2. The molecule has 6 rings (SSSR count). The minimum atomic E-state index is -5.08. The Kier molecular flexibility index (Phi) is 8.39. The zero-order valence-electron chi connectivity index (χ0n) is 26.0. The molecular formula is C32H28F6N4O7. The number of carbonyl (C=O) groups excluding carboxylic acids is 2. The summed E-state index contributed by atoms with van der Waals surface area (Å²) in [6, 6.07) is 8.06. The molecule has 2 unspecified atom stereocenters. The van der Waals surface area contributed by atoms with Crippen LogP contribution in [-0.4, -0.2) is 72.3 Å². The Hall–Kier alpha value is -5.03. The van der Waals surface area contributed by atoms with Gasteiger partial charge in [-0.2, -0.15) is 13.2 Å². The van der Waals surface area contributed by atoms with Crippen LogP contribution in [0, 0.1) is 11.7 Å². The molecule has 3 aliphatic heterocycles. The molecule has 2 atom stereocenters. The second-order valence-corrected chi connectivity index (χ2v) is 12.3. The number of hydrogen-bond donors (Lipinski definition) is 3. The van der Waals surface area contributed by atoms with Crippen LogP contribution >= 0.6 is 0 Å². The van der Waals surface area contributed by atoms with Crippen LogP contribution in [0.4, 0.5) is 37.7 Å². The van der Waals surface area contributed by atoms with Crippen molar-refractivity contribution >= 4 is 28.9 Å². The molecule has 49 heavy (non-hydrogen) atoms. The topological polar surface area (TPSA) is 131 Å². The minimum absolute atomic E-state index is 0.0554. The molecule has 3 aliphatic rings. The van der Waals surface area contributed by atoms with Gasteiger partial charge in [0.05, 0.1) is 46.7 Å². The normalized spacial score (nSPS) is 19.6. The van der Waals surface area contributed by atoms with Crippen LogP contribution in [-0.2, 0) is 11.0 Å². The second kappa shape index (κ2) is 12.1. The van der Waals surface area contributed by atoms with Crippen LogP contribution in [0.5, 0.6) is 17.2 Å². The lowest BCUT2D eigenvalue weighted by Gasteiger charge is -2.25. The van der Waals surface area contributed by atoms with Gasteiger partial charge in [0.25, 0.3) is 11.8 Å². The number of β-amino-alcohol motifs (C(OH)–C–C–N with tert-alkyl or cyclic N) is 1. The van der Waals surface area contributed by atoms with E-state index in [1.807, 2.05) is 4.90 Å². The fraction of sp³-hybridized carbons (Fsp3) is 0.344.